The lowest BCUT2D eigenvalue weighted by atomic mass is 10.1. The quantitative estimate of drug-likeness (QED) is 0.871. The van der Waals surface area contributed by atoms with E-state index in [0.29, 0.717) is 5.02 Å². The molecule has 2 heterocycles. The summed E-state index contributed by atoms with van der Waals surface area (Å²) in [6.45, 7) is 1.80. The van der Waals surface area contributed by atoms with Gasteiger partial charge in [-0.1, -0.05) is 17.7 Å². The Bertz CT molecular complexity index is 571. The van der Waals surface area contributed by atoms with E-state index in [1.165, 1.54) is 5.56 Å². The van der Waals surface area contributed by atoms with Crippen LogP contribution < -0.4 is 10.6 Å². The summed E-state index contributed by atoms with van der Waals surface area (Å²) in [6.07, 6.45) is 0.995. The second kappa shape index (κ2) is 4.92. The van der Waals surface area contributed by atoms with Gasteiger partial charge in [-0.2, -0.15) is 5.10 Å². The van der Waals surface area contributed by atoms with E-state index in [1.807, 2.05) is 24.3 Å². The highest BCUT2D eigenvalue weighted by molar-refractivity contribution is 6.30. The zero-order chi connectivity index (χ0) is 12.4. The minimum Gasteiger partial charge on any atom is -0.339 e. The zero-order valence-electron chi connectivity index (χ0n) is 9.78. The molecule has 1 aromatic carbocycles. The normalized spacial score (nSPS) is 14.1. The Kier molecular flexibility index (Phi) is 3.13. The van der Waals surface area contributed by atoms with Crippen LogP contribution in [0.4, 0.5) is 11.5 Å². The van der Waals surface area contributed by atoms with Gasteiger partial charge in [-0.3, -0.25) is 0 Å². The summed E-state index contributed by atoms with van der Waals surface area (Å²) in [4.78, 5) is 0. The molecule has 0 bridgehead atoms. The van der Waals surface area contributed by atoms with Crippen LogP contribution in [0.25, 0.3) is 0 Å². The van der Waals surface area contributed by atoms with Crippen molar-refractivity contribution in [1.82, 2.24) is 15.5 Å². The minimum atomic E-state index is 0.704. The highest BCUT2D eigenvalue weighted by atomic mass is 35.5. The Hall–Kier alpha value is -1.65. The van der Waals surface area contributed by atoms with E-state index in [1.54, 1.807) is 0 Å². The number of nitrogens with zero attached hydrogens (tertiary/aromatic N) is 2. The van der Waals surface area contributed by atoms with Crippen molar-refractivity contribution in [3.05, 3.63) is 46.6 Å². The van der Waals surface area contributed by atoms with Crippen LogP contribution in [0.15, 0.2) is 30.3 Å². The number of halogens is 1. The van der Waals surface area contributed by atoms with Crippen molar-refractivity contribution in [3.8, 4) is 0 Å². The molecule has 0 unspecified atom stereocenters. The smallest absolute Gasteiger partial charge is 0.153 e. The summed E-state index contributed by atoms with van der Waals surface area (Å²) in [6, 6.07) is 9.63. The predicted molar refractivity (Wildman–Crippen MR) is 72.2 cm³/mol. The minimum absolute atomic E-state index is 0.704. The van der Waals surface area contributed by atoms with Crippen LogP contribution in [0, 0.1) is 0 Å². The first-order valence-corrected chi connectivity index (χ1v) is 6.28. The molecule has 2 N–H and O–H groups in total. The lowest BCUT2D eigenvalue weighted by molar-refractivity contribution is 0.617. The molecular weight excluding hydrogens is 248 g/mol. The molecule has 0 saturated carbocycles. The van der Waals surface area contributed by atoms with E-state index in [-0.39, 0.29) is 0 Å². The fourth-order valence-electron chi connectivity index (χ4n) is 2.03. The van der Waals surface area contributed by atoms with Crippen molar-refractivity contribution in [3.63, 3.8) is 0 Å². The number of hydrogen-bond acceptors (Lipinski definition) is 4. The van der Waals surface area contributed by atoms with E-state index in [9.17, 15) is 0 Å². The molecule has 5 heteroatoms. The number of anilines is 2. The third kappa shape index (κ3) is 2.44. The highest BCUT2D eigenvalue weighted by Crippen LogP contribution is 2.20. The van der Waals surface area contributed by atoms with Crippen molar-refractivity contribution in [2.24, 2.45) is 0 Å². The first-order chi connectivity index (χ1) is 8.81. The van der Waals surface area contributed by atoms with Gasteiger partial charge in [-0.25, -0.2) is 0 Å². The Morgan fingerprint density at radius 3 is 3.06 bits per heavy atom. The summed E-state index contributed by atoms with van der Waals surface area (Å²) in [5.41, 5.74) is 3.22. The number of benzene rings is 1. The largest absolute Gasteiger partial charge is 0.339 e. The third-order valence-corrected chi connectivity index (χ3v) is 3.16. The van der Waals surface area contributed by atoms with Crippen LogP contribution in [0.2, 0.25) is 5.02 Å². The van der Waals surface area contributed by atoms with Gasteiger partial charge in [0, 0.05) is 17.3 Å². The molecule has 0 amide bonds. The van der Waals surface area contributed by atoms with E-state index in [0.717, 1.165) is 36.7 Å². The van der Waals surface area contributed by atoms with E-state index >= 15 is 0 Å². The van der Waals surface area contributed by atoms with Crippen LogP contribution in [-0.4, -0.2) is 16.7 Å². The molecular formula is C13H13ClN4. The zero-order valence-corrected chi connectivity index (χ0v) is 10.5. The maximum absolute atomic E-state index is 5.94. The molecule has 0 fully saturated rings. The molecule has 1 aliphatic heterocycles. The Morgan fingerprint density at radius 2 is 2.17 bits per heavy atom. The van der Waals surface area contributed by atoms with Crippen molar-refractivity contribution < 1.29 is 0 Å². The van der Waals surface area contributed by atoms with Gasteiger partial charge >= 0.3 is 0 Å². The number of nitrogens with one attached hydrogen (secondary N) is 2. The molecule has 0 aliphatic carbocycles. The van der Waals surface area contributed by atoms with Gasteiger partial charge < -0.3 is 10.6 Å². The Morgan fingerprint density at radius 1 is 1.22 bits per heavy atom. The summed E-state index contributed by atoms with van der Waals surface area (Å²) in [5, 5.41) is 15.6. The lowest BCUT2D eigenvalue weighted by Crippen LogP contribution is -2.25. The van der Waals surface area contributed by atoms with Gasteiger partial charge in [-0.05, 0) is 42.8 Å². The first kappa shape index (κ1) is 11.4. The summed E-state index contributed by atoms with van der Waals surface area (Å²) in [7, 11) is 0. The van der Waals surface area contributed by atoms with Gasteiger partial charge in [0.1, 0.15) is 0 Å². The second-order valence-corrected chi connectivity index (χ2v) is 4.70. The van der Waals surface area contributed by atoms with Gasteiger partial charge in [0.15, 0.2) is 5.82 Å². The fourth-order valence-corrected chi connectivity index (χ4v) is 2.22. The number of rotatable bonds is 2. The number of aromatic nitrogens is 2. The van der Waals surface area contributed by atoms with Crippen LogP contribution in [0.5, 0.6) is 0 Å². The molecule has 0 radical (unpaired) electrons. The Labute approximate surface area is 110 Å². The average molecular weight is 261 g/mol. The van der Waals surface area contributed by atoms with Crippen LogP contribution in [0.1, 0.15) is 11.3 Å². The molecule has 0 spiro atoms. The monoisotopic (exact) mass is 260 g/mol. The molecule has 1 aromatic heterocycles. The maximum atomic E-state index is 5.94. The first-order valence-electron chi connectivity index (χ1n) is 5.90. The van der Waals surface area contributed by atoms with Crippen LogP contribution in [-0.2, 0) is 13.0 Å². The van der Waals surface area contributed by atoms with Crippen LogP contribution in [0.3, 0.4) is 0 Å². The highest BCUT2D eigenvalue weighted by Gasteiger charge is 2.11. The summed E-state index contributed by atoms with van der Waals surface area (Å²) < 4.78 is 0. The molecule has 2 aromatic rings. The standard InChI is InChI=1S/C13H13ClN4/c14-10-2-1-3-11(7-10)16-13-6-9-4-5-15-8-12(9)17-18-13/h1-3,6-7,15H,4-5,8H2,(H,16,18). The van der Waals surface area contributed by atoms with Gasteiger partial charge in [0.05, 0.1) is 5.69 Å². The van der Waals surface area contributed by atoms with Crippen molar-refractivity contribution >= 4 is 23.1 Å². The predicted octanol–water partition coefficient (Wildman–Crippen LogP) is 2.52. The molecule has 0 atom stereocenters. The molecule has 3 rings (SSSR count). The van der Waals surface area contributed by atoms with E-state index in [4.69, 9.17) is 11.6 Å². The molecule has 4 nitrogen and oxygen atoms in total. The average Bonchev–Trinajstić information content (AvgIpc) is 2.39. The van der Waals surface area contributed by atoms with Gasteiger partial charge in [-0.15, -0.1) is 5.10 Å². The Balaban J connectivity index is 1.85. The molecule has 18 heavy (non-hydrogen) atoms. The van der Waals surface area contributed by atoms with Crippen LogP contribution >= 0.6 is 11.6 Å². The van der Waals surface area contributed by atoms with Gasteiger partial charge in [0.25, 0.3) is 0 Å². The van der Waals surface area contributed by atoms with E-state index < -0.39 is 0 Å². The fraction of sp³-hybridized carbons (Fsp3) is 0.231. The van der Waals surface area contributed by atoms with Crippen molar-refractivity contribution in [1.29, 1.82) is 0 Å². The third-order valence-electron chi connectivity index (χ3n) is 2.92. The molecule has 1 aliphatic rings. The maximum Gasteiger partial charge on any atom is 0.153 e. The number of hydrogen-bond donors (Lipinski definition) is 2. The second-order valence-electron chi connectivity index (χ2n) is 4.26. The number of fused-ring (bicyclic) bond motifs is 1. The van der Waals surface area contributed by atoms with Gasteiger partial charge in [0.2, 0.25) is 0 Å². The summed E-state index contributed by atoms with van der Waals surface area (Å²) >= 11 is 5.94. The molecule has 92 valence electrons. The SMILES string of the molecule is Clc1cccc(Nc2cc3c(nn2)CNCC3)c1. The van der Waals surface area contributed by atoms with Crippen molar-refractivity contribution in [2.75, 3.05) is 11.9 Å². The van der Waals surface area contributed by atoms with Crippen molar-refractivity contribution in [2.45, 2.75) is 13.0 Å². The molecule has 0 saturated heterocycles. The topological polar surface area (TPSA) is 49.8 Å². The summed E-state index contributed by atoms with van der Waals surface area (Å²) in [5.74, 6) is 0.762. The lowest BCUT2D eigenvalue weighted by Gasteiger charge is -2.16. The van der Waals surface area contributed by atoms with E-state index in [2.05, 4.69) is 26.9 Å².